The van der Waals surface area contributed by atoms with Crippen molar-refractivity contribution in [3.63, 3.8) is 0 Å². The molecule has 0 aromatic heterocycles. The maximum absolute atomic E-state index is 12.1. The fraction of sp³-hybridized carbons (Fsp3) is 1.00. The van der Waals surface area contributed by atoms with Crippen molar-refractivity contribution in [2.45, 2.75) is 32.7 Å². The molecule has 0 saturated carbocycles. The molecule has 0 aromatic carbocycles. The molecule has 1 aliphatic heterocycles. The maximum atomic E-state index is 12.1. The Bertz CT molecular complexity index is 332. The van der Waals surface area contributed by atoms with E-state index in [4.69, 9.17) is 0 Å². The highest BCUT2D eigenvalue weighted by Gasteiger charge is 2.27. The lowest BCUT2D eigenvalue weighted by molar-refractivity contribution is 0.237. The SMILES string of the molecule is CCNCCS(=O)(=O)N(C)CC1CCCN1CC. The van der Waals surface area contributed by atoms with Gasteiger partial charge in [-0.2, -0.15) is 0 Å². The monoisotopic (exact) mass is 277 g/mol. The maximum Gasteiger partial charge on any atom is 0.215 e. The average molecular weight is 277 g/mol. The molecule has 6 heteroatoms. The van der Waals surface area contributed by atoms with E-state index in [1.807, 2.05) is 6.92 Å². The topological polar surface area (TPSA) is 52.7 Å². The normalized spacial score (nSPS) is 21.9. The third kappa shape index (κ3) is 4.50. The van der Waals surface area contributed by atoms with Crippen LogP contribution in [0.3, 0.4) is 0 Å². The van der Waals surface area contributed by atoms with E-state index in [1.54, 1.807) is 7.05 Å². The summed E-state index contributed by atoms with van der Waals surface area (Å²) >= 11 is 0. The fourth-order valence-electron chi connectivity index (χ4n) is 2.46. The van der Waals surface area contributed by atoms with Gasteiger partial charge in [0.05, 0.1) is 5.75 Å². The van der Waals surface area contributed by atoms with Gasteiger partial charge in [0, 0.05) is 26.2 Å². The highest BCUT2D eigenvalue weighted by atomic mass is 32.2. The molecular formula is C12H27N3O2S. The first-order valence-electron chi connectivity index (χ1n) is 6.90. The Morgan fingerprint density at radius 1 is 1.39 bits per heavy atom. The molecule has 0 amide bonds. The Kier molecular flexibility index (Phi) is 6.55. The van der Waals surface area contributed by atoms with Crippen LogP contribution in [0.1, 0.15) is 26.7 Å². The summed E-state index contributed by atoms with van der Waals surface area (Å²) in [6.45, 7) is 8.20. The van der Waals surface area contributed by atoms with Crippen LogP contribution in [0, 0.1) is 0 Å². The summed E-state index contributed by atoms with van der Waals surface area (Å²) in [6.07, 6.45) is 2.30. The van der Waals surface area contributed by atoms with E-state index in [0.717, 1.165) is 26.1 Å². The van der Waals surface area contributed by atoms with Gasteiger partial charge in [0.1, 0.15) is 0 Å². The predicted octanol–water partition coefficient (Wildman–Crippen LogP) is 0.342. The van der Waals surface area contributed by atoms with Crippen LogP contribution in [0.2, 0.25) is 0 Å². The van der Waals surface area contributed by atoms with Gasteiger partial charge in [-0.1, -0.05) is 13.8 Å². The van der Waals surface area contributed by atoms with Crippen molar-refractivity contribution in [1.82, 2.24) is 14.5 Å². The first kappa shape index (κ1) is 15.9. The van der Waals surface area contributed by atoms with Crippen LogP contribution in [0.25, 0.3) is 0 Å². The van der Waals surface area contributed by atoms with Gasteiger partial charge in [-0.05, 0) is 32.5 Å². The molecule has 1 unspecified atom stereocenters. The van der Waals surface area contributed by atoms with Crippen LogP contribution < -0.4 is 5.32 Å². The number of nitrogens with zero attached hydrogens (tertiary/aromatic N) is 2. The summed E-state index contributed by atoms with van der Waals surface area (Å²) in [5.74, 6) is 0.191. The summed E-state index contributed by atoms with van der Waals surface area (Å²) in [7, 11) is -1.41. The molecule has 1 saturated heterocycles. The molecule has 1 atom stereocenters. The highest BCUT2D eigenvalue weighted by molar-refractivity contribution is 7.89. The molecule has 1 rings (SSSR count). The van der Waals surface area contributed by atoms with E-state index in [0.29, 0.717) is 19.1 Å². The van der Waals surface area contributed by atoms with Crippen LogP contribution >= 0.6 is 0 Å². The van der Waals surface area contributed by atoms with Crippen LogP contribution in [0.15, 0.2) is 0 Å². The number of nitrogens with one attached hydrogen (secondary N) is 1. The Morgan fingerprint density at radius 3 is 2.72 bits per heavy atom. The molecule has 0 bridgehead atoms. The molecule has 18 heavy (non-hydrogen) atoms. The zero-order valence-electron chi connectivity index (χ0n) is 11.9. The lowest BCUT2D eigenvalue weighted by Gasteiger charge is -2.27. The third-order valence-electron chi connectivity index (χ3n) is 3.63. The molecule has 0 aromatic rings. The van der Waals surface area contributed by atoms with Crippen molar-refractivity contribution in [3.8, 4) is 0 Å². The third-order valence-corrected chi connectivity index (χ3v) is 5.45. The highest BCUT2D eigenvalue weighted by Crippen LogP contribution is 2.18. The number of rotatable bonds is 8. The predicted molar refractivity (Wildman–Crippen MR) is 75.2 cm³/mol. The van der Waals surface area contributed by atoms with Crippen molar-refractivity contribution in [3.05, 3.63) is 0 Å². The van der Waals surface area contributed by atoms with Crippen molar-refractivity contribution in [2.24, 2.45) is 0 Å². The Morgan fingerprint density at radius 2 is 2.11 bits per heavy atom. The van der Waals surface area contributed by atoms with Crippen molar-refractivity contribution in [2.75, 3.05) is 45.5 Å². The minimum atomic E-state index is -3.11. The smallest absolute Gasteiger partial charge is 0.215 e. The molecule has 0 aliphatic carbocycles. The van der Waals surface area contributed by atoms with Gasteiger partial charge in [0.15, 0.2) is 0 Å². The number of sulfonamides is 1. The van der Waals surface area contributed by atoms with Crippen LogP contribution in [-0.2, 0) is 10.0 Å². The average Bonchev–Trinajstić information content (AvgIpc) is 2.76. The van der Waals surface area contributed by atoms with Gasteiger partial charge in [-0.25, -0.2) is 12.7 Å². The quantitative estimate of drug-likeness (QED) is 0.650. The lowest BCUT2D eigenvalue weighted by Crippen LogP contribution is -2.42. The largest absolute Gasteiger partial charge is 0.316 e. The fourth-order valence-corrected chi connectivity index (χ4v) is 3.58. The second-order valence-corrected chi connectivity index (χ2v) is 7.07. The van der Waals surface area contributed by atoms with Gasteiger partial charge in [-0.15, -0.1) is 0 Å². The zero-order chi connectivity index (χ0) is 13.6. The van der Waals surface area contributed by atoms with E-state index < -0.39 is 10.0 Å². The molecule has 1 fully saturated rings. The summed E-state index contributed by atoms with van der Waals surface area (Å²) in [5.41, 5.74) is 0. The van der Waals surface area contributed by atoms with E-state index in [2.05, 4.69) is 17.1 Å². The standard InChI is InChI=1S/C12H27N3O2S/c1-4-13-8-10-18(16,17)14(3)11-12-7-6-9-15(12)5-2/h12-13H,4-11H2,1-3H3. The molecule has 0 spiro atoms. The Balaban J connectivity index is 2.45. The molecule has 1 N–H and O–H groups in total. The number of hydrogen-bond acceptors (Lipinski definition) is 4. The minimum absolute atomic E-state index is 0.191. The van der Waals surface area contributed by atoms with Gasteiger partial charge in [-0.3, -0.25) is 4.90 Å². The van der Waals surface area contributed by atoms with Crippen LogP contribution in [-0.4, -0.2) is 69.2 Å². The molecule has 1 aliphatic rings. The van der Waals surface area contributed by atoms with Crippen molar-refractivity contribution < 1.29 is 8.42 Å². The molecule has 5 nitrogen and oxygen atoms in total. The van der Waals surface area contributed by atoms with Gasteiger partial charge < -0.3 is 5.32 Å². The van der Waals surface area contributed by atoms with E-state index >= 15 is 0 Å². The molecule has 1 heterocycles. The van der Waals surface area contributed by atoms with Crippen molar-refractivity contribution in [1.29, 1.82) is 0 Å². The van der Waals surface area contributed by atoms with E-state index in [-0.39, 0.29) is 5.75 Å². The first-order valence-corrected chi connectivity index (χ1v) is 8.51. The summed E-state index contributed by atoms with van der Waals surface area (Å²) in [6, 6.07) is 0.397. The Hall–Kier alpha value is -0.170. The van der Waals surface area contributed by atoms with Crippen LogP contribution in [0.4, 0.5) is 0 Å². The van der Waals surface area contributed by atoms with E-state index in [1.165, 1.54) is 10.7 Å². The lowest BCUT2D eigenvalue weighted by atomic mass is 10.2. The molecular weight excluding hydrogens is 250 g/mol. The Labute approximate surface area is 112 Å². The number of likely N-dealkylation sites (N-methyl/N-ethyl adjacent to an activating group) is 2. The number of hydrogen-bond donors (Lipinski definition) is 1. The second-order valence-electron chi connectivity index (χ2n) is 4.87. The van der Waals surface area contributed by atoms with Gasteiger partial charge >= 0.3 is 0 Å². The second kappa shape index (κ2) is 7.43. The summed E-state index contributed by atoms with van der Waals surface area (Å²) < 4.78 is 25.6. The van der Waals surface area contributed by atoms with E-state index in [9.17, 15) is 8.42 Å². The summed E-state index contributed by atoms with van der Waals surface area (Å²) in [5, 5.41) is 3.06. The minimum Gasteiger partial charge on any atom is -0.316 e. The van der Waals surface area contributed by atoms with Gasteiger partial charge in [0.2, 0.25) is 10.0 Å². The first-order chi connectivity index (χ1) is 8.51. The van der Waals surface area contributed by atoms with Crippen molar-refractivity contribution >= 4 is 10.0 Å². The van der Waals surface area contributed by atoms with Gasteiger partial charge in [0.25, 0.3) is 0 Å². The zero-order valence-corrected chi connectivity index (χ0v) is 12.7. The molecule has 0 radical (unpaired) electrons. The summed E-state index contributed by atoms with van der Waals surface area (Å²) in [4.78, 5) is 2.37. The number of likely N-dealkylation sites (tertiary alicyclic amines) is 1. The molecule has 108 valence electrons. The van der Waals surface area contributed by atoms with Crippen LogP contribution in [0.5, 0.6) is 0 Å².